The smallest absolute Gasteiger partial charge is 0.336 e. The van der Waals surface area contributed by atoms with E-state index in [-0.39, 0.29) is 4.21 Å². The van der Waals surface area contributed by atoms with Crippen molar-refractivity contribution in [3.63, 3.8) is 0 Å². The number of benzene rings is 1. The molecule has 21 heavy (non-hydrogen) atoms. The zero-order valence-electron chi connectivity index (χ0n) is 11.5. The van der Waals surface area contributed by atoms with E-state index >= 15 is 0 Å². The van der Waals surface area contributed by atoms with Crippen molar-refractivity contribution in [1.29, 1.82) is 0 Å². The molecule has 0 saturated heterocycles. The van der Waals surface area contributed by atoms with Crippen molar-refractivity contribution >= 4 is 27.4 Å². The van der Waals surface area contributed by atoms with Crippen LogP contribution in [0.25, 0.3) is 10.4 Å². The summed E-state index contributed by atoms with van der Waals surface area (Å²) in [6.07, 6.45) is -1.18. The van der Waals surface area contributed by atoms with E-state index in [0.717, 1.165) is 21.8 Å². The first kappa shape index (κ1) is 15.7. The standard InChI is InChI=1S/C14H14O5S2/c1-10(14(15)18-2)19-21(16,17)13-9-8-12(20-13)11-6-4-3-5-7-11/h3-10H,1-2H3/t10-/m0/s1. The monoisotopic (exact) mass is 326 g/mol. The summed E-state index contributed by atoms with van der Waals surface area (Å²) in [5.74, 6) is -0.738. The van der Waals surface area contributed by atoms with Crippen LogP contribution in [-0.4, -0.2) is 27.6 Å². The Bertz CT molecular complexity index is 719. The van der Waals surface area contributed by atoms with Gasteiger partial charge in [0.1, 0.15) is 4.21 Å². The zero-order chi connectivity index (χ0) is 15.5. The molecule has 5 nitrogen and oxygen atoms in total. The second kappa shape index (κ2) is 6.38. The minimum absolute atomic E-state index is 0.0529. The first-order valence-corrected chi connectivity index (χ1v) is 8.33. The lowest BCUT2D eigenvalue weighted by molar-refractivity contribution is -0.147. The topological polar surface area (TPSA) is 69.7 Å². The summed E-state index contributed by atoms with van der Waals surface area (Å²) in [6, 6.07) is 12.6. The summed E-state index contributed by atoms with van der Waals surface area (Å²) in [5, 5.41) is 0. The minimum Gasteiger partial charge on any atom is -0.467 e. The molecule has 1 atom stereocenters. The van der Waals surface area contributed by atoms with Crippen molar-refractivity contribution in [3.05, 3.63) is 42.5 Å². The molecule has 2 rings (SSSR count). The number of methoxy groups -OCH3 is 1. The predicted molar refractivity (Wildman–Crippen MR) is 79.5 cm³/mol. The van der Waals surface area contributed by atoms with Crippen LogP contribution in [0.4, 0.5) is 0 Å². The highest BCUT2D eigenvalue weighted by molar-refractivity contribution is 7.89. The maximum absolute atomic E-state index is 12.1. The third kappa shape index (κ3) is 3.69. The van der Waals surface area contributed by atoms with Gasteiger partial charge in [0.2, 0.25) is 0 Å². The van der Waals surface area contributed by atoms with Gasteiger partial charge in [-0.15, -0.1) is 11.3 Å². The van der Waals surface area contributed by atoms with Gasteiger partial charge < -0.3 is 4.74 Å². The Morgan fingerprint density at radius 2 is 1.81 bits per heavy atom. The van der Waals surface area contributed by atoms with E-state index < -0.39 is 22.2 Å². The van der Waals surface area contributed by atoms with Gasteiger partial charge in [-0.1, -0.05) is 30.3 Å². The predicted octanol–water partition coefficient (Wildman–Crippen LogP) is 2.68. The van der Waals surface area contributed by atoms with Crippen LogP contribution in [0.2, 0.25) is 0 Å². The third-order valence-corrected chi connectivity index (χ3v) is 5.65. The number of hydrogen-bond acceptors (Lipinski definition) is 6. The second-order valence-electron chi connectivity index (χ2n) is 4.20. The maximum atomic E-state index is 12.1. The Labute approximate surface area is 127 Å². The van der Waals surface area contributed by atoms with Crippen molar-refractivity contribution in [2.75, 3.05) is 7.11 Å². The van der Waals surface area contributed by atoms with Gasteiger partial charge >= 0.3 is 16.1 Å². The number of rotatable bonds is 5. The number of thiophene rings is 1. The van der Waals surface area contributed by atoms with Crippen LogP contribution in [0.1, 0.15) is 6.92 Å². The first-order chi connectivity index (χ1) is 9.94. The Balaban J connectivity index is 2.22. The highest BCUT2D eigenvalue weighted by atomic mass is 32.3. The SMILES string of the molecule is COC(=O)[C@H](C)OS(=O)(=O)c1ccc(-c2ccccc2)s1. The minimum atomic E-state index is -3.98. The van der Waals surface area contributed by atoms with Crippen molar-refractivity contribution in [1.82, 2.24) is 0 Å². The summed E-state index contributed by atoms with van der Waals surface area (Å²) in [5.41, 5.74) is 0.921. The molecule has 112 valence electrons. The van der Waals surface area contributed by atoms with Crippen LogP contribution in [0.5, 0.6) is 0 Å². The van der Waals surface area contributed by atoms with E-state index in [4.69, 9.17) is 4.18 Å². The molecule has 1 heterocycles. The van der Waals surface area contributed by atoms with E-state index in [1.54, 1.807) is 6.07 Å². The highest BCUT2D eigenvalue weighted by Gasteiger charge is 2.25. The number of esters is 1. The van der Waals surface area contributed by atoms with E-state index in [0.29, 0.717) is 0 Å². The summed E-state index contributed by atoms with van der Waals surface area (Å²) in [4.78, 5) is 12.0. The van der Waals surface area contributed by atoms with Gasteiger partial charge in [0, 0.05) is 4.88 Å². The molecule has 0 aliphatic rings. The van der Waals surface area contributed by atoms with Gasteiger partial charge in [0.25, 0.3) is 0 Å². The molecule has 0 fully saturated rings. The molecular formula is C14H14O5S2. The average molecular weight is 326 g/mol. The molecule has 0 N–H and O–H groups in total. The van der Waals surface area contributed by atoms with Crippen LogP contribution in [0.3, 0.4) is 0 Å². The summed E-state index contributed by atoms with van der Waals surface area (Å²) >= 11 is 1.09. The van der Waals surface area contributed by atoms with E-state index in [2.05, 4.69) is 4.74 Å². The van der Waals surface area contributed by atoms with E-state index in [9.17, 15) is 13.2 Å². The summed E-state index contributed by atoms with van der Waals surface area (Å²) in [7, 11) is -2.81. The molecule has 0 unspecified atom stereocenters. The lowest BCUT2D eigenvalue weighted by Gasteiger charge is -2.09. The Morgan fingerprint density at radius 1 is 1.14 bits per heavy atom. The lowest BCUT2D eigenvalue weighted by atomic mass is 10.2. The molecule has 1 aromatic heterocycles. The average Bonchev–Trinajstić information content (AvgIpc) is 2.97. The molecule has 0 aliphatic carbocycles. The molecule has 2 aromatic rings. The molecule has 0 aliphatic heterocycles. The lowest BCUT2D eigenvalue weighted by Crippen LogP contribution is -2.25. The normalized spacial score (nSPS) is 12.9. The van der Waals surface area contributed by atoms with Gasteiger partial charge in [-0.25, -0.2) is 4.79 Å². The number of carbonyl (C=O) groups excluding carboxylic acids is 1. The fourth-order valence-corrected chi connectivity index (χ4v) is 3.98. The molecule has 0 bridgehead atoms. The van der Waals surface area contributed by atoms with Crippen LogP contribution in [0.15, 0.2) is 46.7 Å². The first-order valence-electron chi connectivity index (χ1n) is 6.10. The van der Waals surface area contributed by atoms with Gasteiger partial charge in [-0.2, -0.15) is 8.42 Å². The zero-order valence-corrected chi connectivity index (χ0v) is 13.1. The molecule has 1 aromatic carbocycles. The molecule has 0 radical (unpaired) electrons. The number of carbonyl (C=O) groups is 1. The molecule has 7 heteroatoms. The Hall–Kier alpha value is -1.70. The van der Waals surface area contributed by atoms with Crippen LogP contribution in [0, 0.1) is 0 Å². The number of hydrogen-bond donors (Lipinski definition) is 0. The van der Waals surface area contributed by atoms with Crippen molar-refractivity contribution in [3.8, 4) is 10.4 Å². The van der Waals surface area contributed by atoms with Gasteiger partial charge in [-0.3, -0.25) is 4.18 Å². The Morgan fingerprint density at radius 3 is 2.43 bits per heavy atom. The third-order valence-electron chi connectivity index (χ3n) is 2.69. The van der Waals surface area contributed by atoms with Gasteiger partial charge in [0.05, 0.1) is 7.11 Å². The van der Waals surface area contributed by atoms with Gasteiger partial charge in [0.15, 0.2) is 6.10 Å². The van der Waals surface area contributed by atoms with Crippen molar-refractivity contribution in [2.45, 2.75) is 17.2 Å². The molecule has 0 saturated carbocycles. The van der Waals surface area contributed by atoms with Crippen LogP contribution in [-0.2, 0) is 23.8 Å². The quantitative estimate of drug-likeness (QED) is 0.624. The highest BCUT2D eigenvalue weighted by Crippen LogP contribution is 2.31. The summed E-state index contributed by atoms with van der Waals surface area (Å²) < 4.78 is 33.5. The van der Waals surface area contributed by atoms with Crippen molar-refractivity contribution in [2.24, 2.45) is 0 Å². The molecule has 0 spiro atoms. The van der Waals surface area contributed by atoms with E-state index in [1.807, 2.05) is 30.3 Å². The van der Waals surface area contributed by atoms with Crippen LogP contribution >= 0.6 is 11.3 Å². The van der Waals surface area contributed by atoms with Gasteiger partial charge in [-0.05, 0) is 24.6 Å². The summed E-state index contributed by atoms with van der Waals surface area (Å²) in [6.45, 7) is 1.33. The van der Waals surface area contributed by atoms with Crippen LogP contribution < -0.4 is 0 Å². The van der Waals surface area contributed by atoms with Crippen molar-refractivity contribution < 1.29 is 22.1 Å². The Kier molecular flexibility index (Phi) is 4.76. The fraction of sp³-hybridized carbons (Fsp3) is 0.214. The fourth-order valence-electron chi connectivity index (χ4n) is 1.65. The van der Waals surface area contributed by atoms with E-state index in [1.165, 1.54) is 20.1 Å². The largest absolute Gasteiger partial charge is 0.467 e. The molecular weight excluding hydrogens is 312 g/mol. The maximum Gasteiger partial charge on any atom is 0.336 e. The molecule has 0 amide bonds. The second-order valence-corrected chi connectivity index (χ2v) is 7.08. The number of ether oxygens (including phenoxy) is 1.